The van der Waals surface area contributed by atoms with Crippen LogP contribution in [0.5, 0.6) is 5.75 Å². The standard InChI is InChI=1S/C13H16O2/c1-10(2)15-13-7-5-4-6-12(13)9-8-11(3)14/h4-10H,1-3H3. The van der Waals surface area contributed by atoms with Crippen LogP contribution in [-0.2, 0) is 4.79 Å². The number of hydrogen-bond acceptors (Lipinski definition) is 2. The maximum absolute atomic E-state index is 10.8. The fraction of sp³-hybridized carbons (Fsp3) is 0.308. The Morgan fingerprint density at radius 3 is 2.60 bits per heavy atom. The predicted molar refractivity (Wildman–Crippen MR) is 61.9 cm³/mol. The first-order chi connectivity index (χ1) is 7.09. The van der Waals surface area contributed by atoms with E-state index in [-0.39, 0.29) is 11.9 Å². The predicted octanol–water partition coefficient (Wildman–Crippen LogP) is 3.08. The number of benzene rings is 1. The molecule has 0 bridgehead atoms. The van der Waals surface area contributed by atoms with E-state index in [4.69, 9.17) is 4.74 Å². The quantitative estimate of drug-likeness (QED) is 0.704. The first-order valence-corrected chi connectivity index (χ1v) is 5.04. The highest BCUT2D eigenvalue weighted by molar-refractivity contribution is 5.91. The molecule has 0 N–H and O–H groups in total. The molecule has 0 heterocycles. The second-order valence-corrected chi connectivity index (χ2v) is 3.65. The van der Waals surface area contributed by atoms with Gasteiger partial charge in [-0.25, -0.2) is 0 Å². The zero-order valence-electron chi connectivity index (χ0n) is 9.36. The molecular formula is C13H16O2. The number of ether oxygens (including phenoxy) is 1. The molecule has 0 fully saturated rings. The largest absolute Gasteiger partial charge is 0.490 e. The fourth-order valence-corrected chi connectivity index (χ4v) is 1.19. The van der Waals surface area contributed by atoms with Crippen LogP contribution < -0.4 is 4.74 Å². The minimum absolute atomic E-state index is 0.0364. The fourth-order valence-electron chi connectivity index (χ4n) is 1.19. The Hall–Kier alpha value is -1.57. The van der Waals surface area contributed by atoms with Gasteiger partial charge in [-0.15, -0.1) is 0 Å². The second-order valence-electron chi connectivity index (χ2n) is 3.65. The maximum atomic E-state index is 10.8. The van der Waals surface area contributed by atoms with Crippen molar-refractivity contribution in [2.75, 3.05) is 0 Å². The van der Waals surface area contributed by atoms with Crippen LogP contribution in [0.25, 0.3) is 6.08 Å². The van der Waals surface area contributed by atoms with Crippen LogP contribution in [0.15, 0.2) is 30.3 Å². The lowest BCUT2D eigenvalue weighted by molar-refractivity contribution is -0.112. The smallest absolute Gasteiger partial charge is 0.152 e. The molecule has 15 heavy (non-hydrogen) atoms. The van der Waals surface area contributed by atoms with Crippen molar-refractivity contribution in [2.24, 2.45) is 0 Å². The van der Waals surface area contributed by atoms with Gasteiger partial charge < -0.3 is 4.74 Å². The SMILES string of the molecule is CC(=O)C=Cc1ccccc1OC(C)C. The first-order valence-electron chi connectivity index (χ1n) is 5.04. The third-order valence-electron chi connectivity index (χ3n) is 1.78. The molecule has 0 aromatic heterocycles. The van der Waals surface area contributed by atoms with Crippen molar-refractivity contribution in [3.63, 3.8) is 0 Å². The molecule has 0 aliphatic rings. The summed E-state index contributed by atoms with van der Waals surface area (Å²) in [5.74, 6) is 0.847. The Kier molecular flexibility index (Phi) is 4.10. The summed E-state index contributed by atoms with van der Waals surface area (Å²) < 4.78 is 5.62. The highest BCUT2D eigenvalue weighted by atomic mass is 16.5. The zero-order chi connectivity index (χ0) is 11.3. The van der Waals surface area contributed by atoms with E-state index in [0.717, 1.165) is 11.3 Å². The lowest BCUT2D eigenvalue weighted by atomic mass is 10.1. The Balaban J connectivity index is 2.91. The summed E-state index contributed by atoms with van der Waals surface area (Å²) in [5, 5.41) is 0. The Morgan fingerprint density at radius 2 is 2.00 bits per heavy atom. The van der Waals surface area contributed by atoms with Crippen molar-refractivity contribution in [2.45, 2.75) is 26.9 Å². The Labute approximate surface area is 90.6 Å². The lowest BCUT2D eigenvalue weighted by Crippen LogP contribution is -2.06. The van der Waals surface area contributed by atoms with Gasteiger partial charge in [-0.05, 0) is 39.0 Å². The van der Waals surface area contributed by atoms with Crippen LogP contribution in [-0.4, -0.2) is 11.9 Å². The van der Waals surface area contributed by atoms with Crippen molar-refractivity contribution < 1.29 is 9.53 Å². The molecule has 80 valence electrons. The summed E-state index contributed by atoms with van der Waals surface area (Å²) in [6.07, 6.45) is 3.46. The molecule has 0 aliphatic carbocycles. The topological polar surface area (TPSA) is 26.3 Å². The minimum atomic E-state index is 0.0364. The van der Waals surface area contributed by atoms with Gasteiger partial charge in [0, 0.05) is 5.56 Å². The van der Waals surface area contributed by atoms with Crippen LogP contribution in [0.4, 0.5) is 0 Å². The van der Waals surface area contributed by atoms with Crippen molar-refractivity contribution in [1.29, 1.82) is 0 Å². The van der Waals surface area contributed by atoms with E-state index in [2.05, 4.69) is 0 Å². The summed E-state index contributed by atoms with van der Waals surface area (Å²) in [6, 6.07) is 7.67. The summed E-state index contributed by atoms with van der Waals surface area (Å²) in [4.78, 5) is 10.8. The average molecular weight is 204 g/mol. The molecular weight excluding hydrogens is 188 g/mol. The molecule has 0 unspecified atom stereocenters. The molecule has 2 heteroatoms. The van der Waals surface area contributed by atoms with Gasteiger partial charge in [-0.2, -0.15) is 0 Å². The van der Waals surface area contributed by atoms with Gasteiger partial charge in [0.05, 0.1) is 6.10 Å². The minimum Gasteiger partial charge on any atom is -0.490 e. The monoisotopic (exact) mass is 204 g/mol. The van der Waals surface area contributed by atoms with Crippen molar-refractivity contribution in [1.82, 2.24) is 0 Å². The van der Waals surface area contributed by atoms with Crippen LogP contribution in [0, 0.1) is 0 Å². The van der Waals surface area contributed by atoms with E-state index in [9.17, 15) is 4.79 Å². The van der Waals surface area contributed by atoms with Gasteiger partial charge in [0.25, 0.3) is 0 Å². The Bertz CT molecular complexity index is 365. The number of para-hydroxylation sites is 1. The van der Waals surface area contributed by atoms with Crippen LogP contribution in [0.3, 0.4) is 0 Å². The number of rotatable bonds is 4. The van der Waals surface area contributed by atoms with Crippen LogP contribution in [0.1, 0.15) is 26.3 Å². The summed E-state index contributed by atoms with van der Waals surface area (Å²) >= 11 is 0. The van der Waals surface area contributed by atoms with Crippen LogP contribution >= 0.6 is 0 Å². The van der Waals surface area contributed by atoms with Gasteiger partial charge in [-0.1, -0.05) is 18.2 Å². The van der Waals surface area contributed by atoms with E-state index in [1.807, 2.05) is 38.1 Å². The lowest BCUT2D eigenvalue weighted by Gasteiger charge is -2.11. The molecule has 1 rings (SSSR count). The molecule has 0 saturated heterocycles. The molecule has 1 aromatic carbocycles. The van der Waals surface area contributed by atoms with Crippen molar-refractivity contribution in [3.05, 3.63) is 35.9 Å². The number of hydrogen-bond donors (Lipinski definition) is 0. The molecule has 0 saturated carbocycles. The summed E-state index contributed by atoms with van der Waals surface area (Å²) in [7, 11) is 0. The third-order valence-corrected chi connectivity index (χ3v) is 1.78. The first kappa shape index (κ1) is 11.5. The summed E-state index contributed by atoms with van der Waals surface area (Å²) in [5.41, 5.74) is 0.932. The number of carbonyl (C=O) groups excluding carboxylic acids is 1. The van der Waals surface area contributed by atoms with Gasteiger partial charge in [0.2, 0.25) is 0 Å². The van der Waals surface area contributed by atoms with Crippen molar-refractivity contribution >= 4 is 11.9 Å². The van der Waals surface area contributed by atoms with E-state index in [0.29, 0.717) is 0 Å². The maximum Gasteiger partial charge on any atom is 0.152 e. The zero-order valence-corrected chi connectivity index (χ0v) is 9.36. The molecule has 0 aliphatic heterocycles. The van der Waals surface area contributed by atoms with E-state index in [1.54, 1.807) is 12.2 Å². The van der Waals surface area contributed by atoms with E-state index >= 15 is 0 Å². The third kappa shape index (κ3) is 3.98. The van der Waals surface area contributed by atoms with Crippen molar-refractivity contribution in [3.8, 4) is 5.75 Å². The molecule has 2 nitrogen and oxygen atoms in total. The van der Waals surface area contributed by atoms with Gasteiger partial charge in [0.1, 0.15) is 5.75 Å². The Morgan fingerprint density at radius 1 is 1.33 bits per heavy atom. The molecule has 0 spiro atoms. The highest BCUT2D eigenvalue weighted by Gasteiger charge is 2.01. The molecule has 1 aromatic rings. The normalized spacial score (nSPS) is 10.9. The average Bonchev–Trinajstić information content (AvgIpc) is 2.15. The highest BCUT2D eigenvalue weighted by Crippen LogP contribution is 2.20. The summed E-state index contributed by atoms with van der Waals surface area (Å²) in [6.45, 7) is 5.49. The van der Waals surface area contributed by atoms with E-state index < -0.39 is 0 Å². The number of allylic oxidation sites excluding steroid dienone is 1. The van der Waals surface area contributed by atoms with Gasteiger partial charge in [-0.3, -0.25) is 4.79 Å². The molecule has 0 atom stereocenters. The number of ketones is 1. The number of carbonyl (C=O) groups is 1. The van der Waals surface area contributed by atoms with Gasteiger partial charge in [0.15, 0.2) is 5.78 Å². The molecule has 0 amide bonds. The second kappa shape index (κ2) is 5.35. The van der Waals surface area contributed by atoms with E-state index in [1.165, 1.54) is 6.92 Å². The molecule has 0 radical (unpaired) electrons. The van der Waals surface area contributed by atoms with Gasteiger partial charge >= 0.3 is 0 Å². The van der Waals surface area contributed by atoms with Crippen LogP contribution in [0.2, 0.25) is 0 Å².